The van der Waals surface area contributed by atoms with Crippen molar-refractivity contribution in [1.29, 1.82) is 0 Å². The SMILES string of the molecule is CCOC(=O)[C@@H](CC)[C@H](O)c1ccccc1[Si](C)(C)C. The topological polar surface area (TPSA) is 46.5 Å². The molecule has 2 atom stereocenters. The van der Waals surface area contributed by atoms with Crippen LogP contribution in [0.3, 0.4) is 0 Å². The minimum atomic E-state index is -1.56. The van der Waals surface area contributed by atoms with E-state index in [0.29, 0.717) is 13.0 Å². The second-order valence-corrected chi connectivity index (χ2v) is 11.1. The molecule has 0 spiro atoms. The van der Waals surface area contributed by atoms with Crippen LogP contribution >= 0.6 is 0 Å². The molecule has 0 amide bonds. The van der Waals surface area contributed by atoms with E-state index < -0.39 is 20.1 Å². The van der Waals surface area contributed by atoms with Gasteiger partial charge in [0.15, 0.2) is 0 Å². The van der Waals surface area contributed by atoms with Gasteiger partial charge in [0.05, 0.1) is 26.7 Å². The number of aliphatic hydroxyl groups is 1. The number of ether oxygens (including phenoxy) is 1. The summed E-state index contributed by atoms with van der Waals surface area (Å²) in [6, 6.07) is 7.91. The molecular formula is C16H26O3Si. The Bertz CT molecular complexity index is 451. The molecule has 1 aromatic carbocycles. The van der Waals surface area contributed by atoms with Gasteiger partial charge in [0.2, 0.25) is 0 Å². The zero-order valence-electron chi connectivity index (χ0n) is 13.1. The lowest BCUT2D eigenvalue weighted by Crippen LogP contribution is -2.42. The Hall–Kier alpha value is -1.13. The molecule has 0 fully saturated rings. The Morgan fingerprint density at radius 3 is 2.35 bits per heavy atom. The molecule has 0 aromatic heterocycles. The number of hydrogen-bond acceptors (Lipinski definition) is 3. The van der Waals surface area contributed by atoms with Gasteiger partial charge < -0.3 is 9.84 Å². The number of carbonyl (C=O) groups excluding carboxylic acids is 1. The highest BCUT2D eigenvalue weighted by Gasteiger charge is 2.31. The van der Waals surface area contributed by atoms with Gasteiger partial charge in [-0.1, -0.05) is 56.0 Å². The second kappa shape index (κ2) is 7.04. The maximum absolute atomic E-state index is 12.0. The highest BCUT2D eigenvalue weighted by molar-refractivity contribution is 6.89. The van der Waals surface area contributed by atoms with Gasteiger partial charge in [-0.25, -0.2) is 0 Å². The van der Waals surface area contributed by atoms with Crippen LogP contribution in [0.25, 0.3) is 0 Å². The third kappa shape index (κ3) is 3.93. The summed E-state index contributed by atoms with van der Waals surface area (Å²) in [5.41, 5.74) is 0.881. The molecule has 0 aliphatic carbocycles. The van der Waals surface area contributed by atoms with Crippen molar-refractivity contribution in [3.63, 3.8) is 0 Å². The van der Waals surface area contributed by atoms with E-state index in [4.69, 9.17) is 4.74 Å². The summed E-state index contributed by atoms with van der Waals surface area (Å²) in [7, 11) is -1.56. The zero-order valence-corrected chi connectivity index (χ0v) is 14.1. The molecule has 112 valence electrons. The van der Waals surface area contributed by atoms with Crippen molar-refractivity contribution in [2.24, 2.45) is 5.92 Å². The Kier molecular flexibility index (Phi) is 5.96. The Balaban J connectivity index is 3.13. The summed E-state index contributed by atoms with van der Waals surface area (Å²) < 4.78 is 5.08. The van der Waals surface area contributed by atoms with Crippen LogP contribution in [0, 0.1) is 5.92 Å². The Morgan fingerprint density at radius 1 is 1.25 bits per heavy atom. The molecule has 3 nitrogen and oxygen atoms in total. The molecule has 0 aliphatic heterocycles. The van der Waals surface area contributed by atoms with E-state index in [2.05, 4.69) is 25.7 Å². The van der Waals surface area contributed by atoms with Gasteiger partial charge in [-0.3, -0.25) is 4.79 Å². The zero-order chi connectivity index (χ0) is 15.3. The fourth-order valence-corrected chi connectivity index (χ4v) is 4.12. The molecule has 1 N–H and O–H groups in total. The number of hydrogen-bond donors (Lipinski definition) is 1. The van der Waals surface area contributed by atoms with Crippen molar-refractivity contribution >= 4 is 19.2 Å². The molecule has 0 aliphatic rings. The van der Waals surface area contributed by atoms with E-state index in [1.165, 1.54) is 5.19 Å². The van der Waals surface area contributed by atoms with E-state index in [0.717, 1.165) is 5.56 Å². The fourth-order valence-electron chi connectivity index (χ4n) is 2.42. The average molecular weight is 294 g/mol. The van der Waals surface area contributed by atoms with Crippen molar-refractivity contribution < 1.29 is 14.6 Å². The van der Waals surface area contributed by atoms with Crippen molar-refractivity contribution in [3.05, 3.63) is 29.8 Å². The quantitative estimate of drug-likeness (QED) is 0.648. The van der Waals surface area contributed by atoms with Crippen LogP contribution in [0.5, 0.6) is 0 Å². The van der Waals surface area contributed by atoms with Crippen LogP contribution in [-0.4, -0.2) is 25.8 Å². The van der Waals surface area contributed by atoms with Gasteiger partial charge in [-0.2, -0.15) is 0 Å². The third-order valence-electron chi connectivity index (χ3n) is 3.50. The molecule has 0 unspecified atom stereocenters. The van der Waals surface area contributed by atoms with Crippen molar-refractivity contribution in [2.45, 2.75) is 46.0 Å². The van der Waals surface area contributed by atoms with Gasteiger partial charge >= 0.3 is 5.97 Å². The molecule has 0 radical (unpaired) electrons. The van der Waals surface area contributed by atoms with Crippen LogP contribution < -0.4 is 5.19 Å². The molecule has 0 heterocycles. The Morgan fingerprint density at radius 2 is 1.85 bits per heavy atom. The maximum atomic E-state index is 12.0. The van der Waals surface area contributed by atoms with E-state index in [-0.39, 0.29) is 5.97 Å². The normalized spacial score (nSPS) is 14.7. The van der Waals surface area contributed by atoms with Crippen molar-refractivity contribution in [3.8, 4) is 0 Å². The minimum absolute atomic E-state index is 0.312. The van der Waals surface area contributed by atoms with Gasteiger partial charge in [0, 0.05) is 0 Å². The van der Waals surface area contributed by atoms with E-state index >= 15 is 0 Å². The molecule has 0 saturated carbocycles. The first-order valence-electron chi connectivity index (χ1n) is 7.27. The van der Waals surface area contributed by atoms with Gasteiger partial charge in [-0.05, 0) is 18.9 Å². The first-order valence-corrected chi connectivity index (χ1v) is 10.8. The second-order valence-electron chi connectivity index (χ2n) is 6.05. The smallest absolute Gasteiger partial charge is 0.311 e. The number of benzene rings is 1. The summed E-state index contributed by atoms with van der Waals surface area (Å²) in [5, 5.41) is 11.8. The van der Waals surface area contributed by atoms with Gasteiger partial charge in [-0.15, -0.1) is 0 Å². The van der Waals surface area contributed by atoms with Crippen molar-refractivity contribution in [1.82, 2.24) is 0 Å². The van der Waals surface area contributed by atoms with E-state index in [1.807, 2.05) is 25.1 Å². The summed E-state index contributed by atoms with van der Waals surface area (Å²) in [6.45, 7) is 10.8. The lowest BCUT2D eigenvalue weighted by atomic mass is 9.93. The predicted octanol–water partition coefficient (Wildman–Crippen LogP) is 2.85. The summed E-state index contributed by atoms with van der Waals surface area (Å²) in [4.78, 5) is 12.0. The maximum Gasteiger partial charge on any atom is 0.311 e. The number of rotatable bonds is 6. The average Bonchev–Trinajstić information content (AvgIpc) is 2.38. The van der Waals surface area contributed by atoms with Crippen LogP contribution in [0.2, 0.25) is 19.6 Å². The largest absolute Gasteiger partial charge is 0.466 e. The monoisotopic (exact) mass is 294 g/mol. The van der Waals surface area contributed by atoms with Gasteiger partial charge in [0.1, 0.15) is 0 Å². The highest BCUT2D eigenvalue weighted by Crippen LogP contribution is 2.26. The molecule has 4 heteroatoms. The van der Waals surface area contributed by atoms with E-state index in [9.17, 15) is 9.90 Å². The van der Waals surface area contributed by atoms with Gasteiger partial charge in [0.25, 0.3) is 0 Å². The lowest BCUT2D eigenvalue weighted by Gasteiger charge is -2.27. The van der Waals surface area contributed by atoms with Crippen molar-refractivity contribution in [2.75, 3.05) is 6.61 Å². The van der Waals surface area contributed by atoms with Crippen LogP contribution in [-0.2, 0) is 9.53 Å². The Labute approximate surface area is 123 Å². The summed E-state index contributed by atoms with van der Waals surface area (Å²) >= 11 is 0. The standard InChI is InChI=1S/C16H26O3Si/c1-6-12(16(18)19-7-2)15(17)13-10-8-9-11-14(13)20(3,4)5/h8-12,15,17H,6-7H2,1-5H3/t12-,15-/m0/s1. The van der Waals surface area contributed by atoms with Crippen LogP contribution in [0.15, 0.2) is 24.3 Å². The molecule has 0 bridgehead atoms. The fraction of sp³-hybridized carbons (Fsp3) is 0.562. The molecule has 1 aromatic rings. The summed E-state index contributed by atoms with van der Waals surface area (Å²) in [5.74, 6) is -0.805. The molecular weight excluding hydrogens is 268 g/mol. The first-order chi connectivity index (χ1) is 9.32. The predicted molar refractivity (Wildman–Crippen MR) is 84.8 cm³/mol. The van der Waals surface area contributed by atoms with Crippen LogP contribution in [0.4, 0.5) is 0 Å². The molecule has 20 heavy (non-hydrogen) atoms. The number of esters is 1. The van der Waals surface area contributed by atoms with Crippen LogP contribution in [0.1, 0.15) is 31.9 Å². The summed E-state index contributed by atoms with van der Waals surface area (Å²) in [6.07, 6.45) is -0.220. The van der Waals surface area contributed by atoms with E-state index in [1.54, 1.807) is 6.92 Å². The lowest BCUT2D eigenvalue weighted by molar-refractivity contribution is -0.152. The number of aliphatic hydroxyl groups excluding tert-OH is 1. The molecule has 0 saturated heterocycles. The number of carbonyl (C=O) groups is 1. The molecule has 1 rings (SSSR count). The third-order valence-corrected chi connectivity index (χ3v) is 5.57. The highest BCUT2D eigenvalue weighted by atomic mass is 28.3. The minimum Gasteiger partial charge on any atom is -0.466 e. The first kappa shape index (κ1) is 16.9.